The molecule has 0 aliphatic heterocycles. The lowest BCUT2D eigenvalue weighted by molar-refractivity contribution is 0.535. The Labute approximate surface area is 190 Å². The lowest BCUT2D eigenvalue weighted by Gasteiger charge is -2.32. The monoisotopic (exact) mass is 414 g/mol. The lowest BCUT2D eigenvalue weighted by Crippen LogP contribution is -2.22. The Kier molecular flexibility index (Phi) is 3.81. The molecule has 0 radical (unpaired) electrons. The molecule has 6 aromatic rings. The van der Waals surface area contributed by atoms with Crippen molar-refractivity contribution in [1.82, 2.24) is 0 Å². The zero-order chi connectivity index (χ0) is 22.4. The predicted octanol–water partition coefficient (Wildman–Crippen LogP) is 9.49. The van der Waals surface area contributed by atoms with Gasteiger partial charge in [0.05, 0.1) is 0 Å². The van der Waals surface area contributed by atoms with Crippen LogP contribution in [0.3, 0.4) is 0 Å². The standard InChI is InChI=1S/C32H30/c1-31(2,3)26-16-13-22-18-21-12-11-20-17-19-9-7-8-10-23(19)24-14-15-25(28(21)27(20)24)29(22)30(26)32(4,5)6/h7-18H,1-6H3. The summed E-state index contributed by atoms with van der Waals surface area (Å²) < 4.78 is 0. The van der Waals surface area contributed by atoms with E-state index in [4.69, 9.17) is 0 Å². The molecular formula is C32H30. The van der Waals surface area contributed by atoms with E-state index in [0.717, 1.165) is 0 Å². The van der Waals surface area contributed by atoms with Crippen molar-refractivity contribution < 1.29 is 0 Å². The normalized spacial score (nSPS) is 13.3. The van der Waals surface area contributed by atoms with Gasteiger partial charge in [-0.3, -0.25) is 0 Å². The quantitative estimate of drug-likeness (QED) is 0.171. The molecule has 0 heterocycles. The molecule has 32 heavy (non-hydrogen) atoms. The van der Waals surface area contributed by atoms with E-state index in [1.54, 1.807) is 0 Å². The van der Waals surface area contributed by atoms with Crippen LogP contribution < -0.4 is 0 Å². The second kappa shape index (κ2) is 6.23. The van der Waals surface area contributed by atoms with Crippen molar-refractivity contribution in [3.63, 3.8) is 0 Å². The van der Waals surface area contributed by atoms with Crippen LogP contribution in [-0.4, -0.2) is 0 Å². The first-order valence-electron chi connectivity index (χ1n) is 11.7. The van der Waals surface area contributed by atoms with Gasteiger partial charge in [-0.25, -0.2) is 0 Å². The minimum Gasteiger partial charge on any atom is -0.0616 e. The Morgan fingerprint density at radius 1 is 0.438 bits per heavy atom. The first-order valence-corrected chi connectivity index (χ1v) is 11.7. The van der Waals surface area contributed by atoms with Crippen LogP contribution in [0.2, 0.25) is 0 Å². The summed E-state index contributed by atoms with van der Waals surface area (Å²) in [6, 6.07) is 27.6. The van der Waals surface area contributed by atoms with Crippen LogP contribution in [0.5, 0.6) is 0 Å². The van der Waals surface area contributed by atoms with Crippen molar-refractivity contribution in [2.24, 2.45) is 0 Å². The third kappa shape index (κ3) is 2.62. The highest BCUT2D eigenvalue weighted by atomic mass is 14.3. The van der Waals surface area contributed by atoms with Gasteiger partial charge in [-0.2, -0.15) is 0 Å². The van der Waals surface area contributed by atoms with Crippen molar-refractivity contribution >= 4 is 53.9 Å². The van der Waals surface area contributed by atoms with Gasteiger partial charge in [0.15, 0.2) is 0 Å². The molecule has 0 fully saturated rings. The molecule has 0 unspecified atom stereocenters. The number of hydrogen-bond donors (Lipinski definition) is 0. The average molecular weight is 415 g/mol. The van der Waals surface area contributed by atoms with E-state index in [2.05, 4.69) is 114 Å². The fourth-order valence-electron chi connectivity index (χ4n) is 5.86. The van der Waals surface area contributed by atoms with Crippen molar-refractivity contribution in [2.45, 2.75) is 52.4 Å². The Bertz CT molecular complexity index is 1670. The Morgan fingerprint density at radius 3 is 1.69 bits per heavy atom. The van der Waals surface area contributed by atoms with Gasteiger partial charge in [-0.05, 0) is 88.0 Å². The molecule has 0 aromatic heterocycles. The highest BCUT2D eigenvalue weighted by molar-refractivity contribution is 6.33. The summed E-state index contributed by atoms with van der Waals surface area (Å²) >= 11 is 0. The van der Waals surface area contributed by atoms with E-state index in [9.17, 15) is 0 Å². The zero-order valence-electron chi connectivity index (χ0n) is 19.9. The Morgan fingerprint density at radius 2 is 1.00 bits per heavy atom. The minimum atomic E-state index is 0.0533. The summed E-state index contributed by atoms with van der Waals surface area (Å²) in [7, 11) is 0. The largest absolute Gasteiger partial charge is 0.0616 e. The molecule has 0 aliphatic rings. The van der Waals surface area contributed by atoms with Crippen molar-refractivity contribution in [3.8, 4) is 0 Å². The molecule has 0 saturated heterocycles. The van der Waals surface area contributed by atoms with Gasteiger partial charge < -0.3 is 0 Å². The smallest absolute Gasteiger partial charge is 0.00200 e. The van der Waals surface area contributed by atoms with Crippen LogP contribution >= 0.6 is 0 Å². The molecule has 0 N–H and O–H groups in total. The van der Waals surface area contributed by atoms with Gasteiger partial charge in [0, 0.05) is 0 Å². The summed E-state index contributed by atoms with van der Waals surface area (Å²) in [5.41, 5.74) is 3.09. The van der Waals surface area contributed by atoms with E-state index < -0.39 is 0 Å². The van der Waals surface area contributed by atoms with Crippen LogP contribution in [0.1, 0.15) is 52.7 Å². The van der Waals surface area contributed by atoms with Crippen molar-refractivity contribution in [2.75, 3.05) is 0 Å². The maximum atomic E-state index is 2.41. The summed E-state index contributed by atoms with van der Waals surface area (Å²) in [5.74, 6) is 0. The van der Waals surface area contributed by atoms with Crippen LogP contribution in [0.4, 0.5) is 0 Å². The van der Waals surface area contributed by atoms with Crippen LogP contribution in [0, 0.1) is 0 Å². The third-order valence-corrected chi connectivity index (χ3v) is 7.16. The maximum absolute atomic E-state index is 2.41. The van der Waals surface area contributed by atoms with E-state index in [1.165, 1.54) is 65.0 Å². The lowest BCUT2D eigenvalue weighted by atomic mass is 9.72. The van der Waals surface area contributed by atoms with E-state index in [1.807, 2.05) is 0 Å². The molecule has 0 bridgehead atoms. The van der Waals surface area contributed by atoms with Gasteiger partial charge in [-0.1, -0.05) is 102 Å². The number of benzene rings is 6. The molecule has 6 rings (SSSR count). The second-order valence-electron chi connectivity index (χ2n) is 11.5. The van der Waals surface area contributed by atoms with Crippen LogP contribution in [-0.2, 0) is 10.8 Å². The number of hydrogen-bond acceptors (Lipinski definition) is 0. The highest BCUT2D eigenvalue weighted by Gasteiger charge is 2.28. The maximum Gasteiger partial charge on any atom is -0.00200 e. The van der Waals surface area contributed by atoms with E-state index in [-0.39, 0.29) is 10.8 Å². The van der Waals surface area contributed by atoms with Crippen molar-refractivity contribution in [1.29, 1.82) is 0 Å². The summed E-state index contributed by atoms with van der Waals surface area (Å²) in [6.07, 6.45) is 0. The zero-order valence-corrected chi connectivity index (χ0v) is 19.9. The molecule has 0 spiro atoms. The fourth-order valence-corrected chi connectivity index (χ4v) is 5.86. The van der Waals surface area contributed by atoms with E-state index >= 15 is 0 Å². The molecule has 0 nitrogen and oxygen atoms in total. The highest BCUT2D eigenvalue weighted by Crippen LogP contribution is 2.46. The van der Waals surface area contributed by atoms with E-state index in [0.29, 0.717) is 0 Å². The topological polar surface area (TPSA) is 0 Å². The molecule has 158 valence electrons. The summed E-state index contributed by atoms with van der Waals surface area (Å²) in [5, 5.41) is 13.7. The molecule has 6 aromatic carbocycles. The molecule has 0 aliphatic carbocycles. The predicted molar refractivity (Wildman–Crippen MR) is 143 cm³/mol. The SMILES string of the molecule is CC(C)(C)c1ccc2cc3ccc4cc5ccccc5c5ccc(c2c1C(C)(C)C)c3c45. The second-order valence-corrected chi connectivity index (χ2v) is 11.5. The van der Waals surface area contributed by atoms with Crippen LogP contribution in [0.15, 0.2) is 72.8 Å². The molecule has 0 atom stereocenters. The number of rotatable bonds is 0. The third-order valence-electron chi connectivity index (χ3n) is 7.16. The molecule has 0 amide bonds. The first-order chi connectivity index (χ1) is 15.1. The van der Waals surface area contributed by atoms with Crippen LogP contribution in [0.25, 0.3) is 53.9 Å². The van der Waals surface area contributed by atoms with Gasteiger partial charge in [0.25, 0.3) is 0 Å². The first kappa shape index (κ1) is 19.6. The molecule has 0 saturated carbocycles. The summed E-state index contributed by atoms with van der Waals surface area (Å²) in [6.45, 7) is 14.1. The Hall–Kier alpha value is -3.12. The van der Waals surface area contributed by atoms with Gasteiger partial charge in [-0.15, -0.1) is 0 Å². The fraction of sp³-hybridized carbons (Fsp3) is 0.250. The number of fused-ring (bicyclic) bond motifs is 4. The Balaban J connectivity index is 1.91. The van der Waals surface area contributed by atoms with Gasteiger partial charge in [0.2, 0.25) is 0 Å². The van der Waals surface area contributed by atoms with Gasteiger partial charge >= 0.3 is 0 Å². The van der Waals surface area contributed by atoms with Crippen molar-refractivity contribution in [3.05, 3.63) is 83.9 Å². The average Bonchev–Trinajstić information content (AvgIpc) is 2.74. The summed E-state index contributed by atoms with van der Waals surface area (Å²) in [4.78, 5) is 0. The minimum absolute atomic E-state index is 0.0533. The van der Waals surface area contributed by atoms with Gasteiger partial charge in [0.1, 0.15) is 0 Å². The molecular weight excluding hydrogens is 384 g/mol. The molecule has 0 heteroatoms.